The predicted octanol–water partition coefficient (Wildman–Crippen LogP) is 3.81. The van der Waals surface area contributed by atoms with Crippen molar-refractivity contribution in [2.45, 2.75) is 70.1 Å². The van der Waals surface area contributed by atoms with Gasteiger partial charge in [-0.05, 0) is 69.2 Å². The fourth-order valence-electron chi connectivity index (χ4n) is 3.31. The van der Waals surface area contributed by atoms with E-state index in [1.54, 1.807) is 4.86 Å². The molecule has 1 heterocycles. The summed E-state index contributed by atoms with van der Waals surface area (Å²) in [7, 11) is 0.140. The van der Waals surface area contributed by atoms with E-state index in [1.165, 1.54) is 44.8 Å². The van der Waals surface area contributed by atoms with Gasteiger partial charge in [0.15, 0.2) is 0 Å². The maximum atomic E-state index is 13.0. The van der Waals surface area contributed by atoms with Crippen LogP contribution in [0.25, 0.3) is 0 Å². The first-order chi connectivity index (χ1) is 13.3. The SMILES string of the molecule is CC(=O)NCCOCCN(C(=O)OC(C)(C)C)C1SCCCS1=C1CCCC1. The first-order valence-corrected chi connectivity index (χ1v) is 12.8. The van der Waals surface area contributed by atoms with Crippen LogP contribution in [-0.2, 0) is 14.3 Å². The van der Waals surface area contributed by atoms with Crippen molar-refractivity contribution < 1.29 is 19.1 Å². The summed E-state index contributed by atoms with van der Waals surface area (Å²) >= 11 is 1.90. The molecular weight excluding hydrogens is 396 g/mol. The Kier molecular flexibility index (Phi) is 9.63. The van der Waals surface area contributed by atoms with Gasteiger partial charge in [-0.2, -0.15) is 10.5 Å². The molecule has 162 valence electrons. The van der Waals surface area contributed by atoms with E-state index in [-0.39, 0.29) is 27.2 Å². The number of nitrogens with zero attached hydrogens (tertiary/aromatic N) is 1. The lowest BCUT2D eigenvalue weighted by molar-refractivity contribution is -0.119. The summed E-state index contributed by atoms with van der Waals surface area (Å²) in [6.07, 6.45) is 5.99. The zero-order valence-electron chi connectivity index (χ0n) is 17.8. The molecule has 2 amide bonds. The molecule has 0 bridgehead atoms. The fourth-order valence-corrected chi connectivity index (χ4v) is 8.56. The number of ether oxygens (including phenoxy) is 2. The molecule has 0 spiro atoms. The highest BCUT2D eigenvalue weighted by Gasteiger charge is 2.33. The number of carbonyl (C=O) groups is 2. The van der Waals surface area contributed by atoms with Crippen molar-refractivity contribution in [3.8, 4) is 0 Å². The van der Waals surface area contributed by atoms with E-state index in [4.69, 9.17) is 9.47 Å². The monoisotopic (exact) mass is 432 g/mol. The van der Waals surface area contributed by atoms with E-state index >= 15 is 0 Å². The Hall–Kier alpha value is -0.730. The van der Waals surface area contributed by atoms with Crippen molar-refractivity contribution in [2.75, 3.05) is 37.8 Å². The maximum absolute atomic E-state index is 13.0. The normalized spacial score (nSPS) is 22.8. The van der Waals surface area contributed by atoms with Gasteiger partial charge in [0.1, 0.15) is 10.3 Å². The van der Waals surface area contributed by atoms with Crippen molar-refractivity contribution in [1.82, 2.24) is 10.2 Å². The van der Waals surface area contributed by atoms with Crippen LogP contribution in [0.2, 0.25) is 0 Å². The van der Waals surface area contributed by atoms with Gasteiger partial charge in [-0.3, -0.25) is 9.69 Å². The van der Waals surface area contributed by atoms with Crippen LogP contribution < -0.4 is 5.32 Å². The number of hydrogen-bond acceptors (Lipinski definition) is 5. The van der Waals surface area contributed by atoms with Crippen LogP contribution in [0, 0.1) is 0 Å². The van der Waals surface area contributed by atoms with Gasteiger partial charge in [-0.15, -0.1) is 11.8 Å². The highest BCUT2D eigenvalue weighted by Crippen LogP contribution is 2.43. The summed E-state index contributed by atoms with van der Waals surface area (Å²) in [6.45, 7) is 9.12. The molecule has 0 aromatic carbocycles. The molecular formula is C20H36N2O4S2. The number of thioether (sulfide) groups is 1. The standard InChI is InChI=1S/C20H36N2O4S2/c1-16(23)21-10-12-25-13-11-22(18(24)26-20(2,3)4)19-27-14-7-15-28(19)17-8-5-6-9-17/h19H,5-15H2,1-4H3,(H,21,23). The molecule has 0 radical (unpaired) electrons. The first kappa shape index (κ1) is 23.5. The Labute approximate surface area is 176 Å². The molecule has 2 fully saturated rings. The van der Waals surface area contributed by atoms with Crippen molar-refractivity contribution in [3.63, 3.8) is 0 Å². The summed E-state index contributed by atoms with van der Waals surface area (Å²) in [5, 5.41) is 2.72. The van der Waals surface area contributed by atoms with Gasteiger partial charge in [-0.1, -0.05) is 0 Å². The van der Waals surface area contributed by atoms with E-state index in [0.29, 0.717) is 26.3 Å². The van der Waals surface area contributed by atoms with Crippen molar-refractivity contribution >= 4 is 39.1 Å². The molecule has 6 nitrogen and oxygen atoms in total. The molecule has 1 aliphatic carbocycles. The molecule has 0 aromatic heterocycles. The smallest absolute Gasteiger partial charge is 0.411 e. The minimum Gasteiger partial charge on any atom is -0.444 e. The van der Waals surface area contributed by atoms with Crippen LogP contribution in [-0.4, -0.2) is 69.9 Å². The number of amides is 2. The van der Waals surface area contributed by atoms with Gasteiger partial charge < -0.3 is 14.8 Å². The summed E-state index contributed by atoms with van der Waals surface area (Å²) < 4.78 is 11.6. The van der Waals surface area contributed by atoms with E-state index in [0.717, 1.165) is 5.75 Å². The van der Waals surface area contributed by atoms with Gasteiger partial charge >= 0.3 is 6.09 Å². The zero-order chi connectivity index (χ0) is 20.6. The van der Waals surface area contributed by atoms with Crippen LogP contribution in [0.1, 0.15) is 59.8 Å². The third-order valence-electron chi connectivity index (χ3n) is 4.52. The topological polar surface area (TPSA) is 67.9 Å². The van der Waals surface area contributed by atoms with Gasteiger partial charge in [0.05, 0.1) is 13.2 Å². The van der Waals surface area contributed by atoms with Crippen LogP contribution in [0.3, 0.4) is 0 Å². The third-order valence-corrected chi connectivity index (χ3v) is 9.31. The molecule has 1 N–H and O–H groups in total. The Morgan fingerprint density at radius 1 is 1.21 bits per heavy atom. The quantitative estimate of drug-likeness (QED) is 0.489. The van der Waals surface area contributed by atoms with E-state index in [1.807, 2.05) is 37.4 Å². The number of carbonyl (C=O) groups excluding carboxylic acids is 2. The van der Waals surface area contributed by atoms with Crippen molar-refractivity contribution in [3.05, 3.63) is 0 Å². The van der Waals surface area contributed by atoms with E-state index in [9.17, 15) is 9.59 Å². The molecule has 28 heavy (non-hydrogen) atoms. The summed E-state index contributed by atoms with van der Waals surface area (Å²) in [5.74, 6) is 2.22. The molecule has 1 saturated carbocycles. The molecule has 0 aromatic rings. The van der Waals surface area contributed by atoms with Crippen LogP contribution in [0.5, 0.6) is 0 Å². The van der Waals surface area contributed by atoms with E-state index in [2.05, 4.69) is 5.32 Å². The lowest BCUT2D eigenvalue weighted by Crippen LogP contribution is -2.44. The lowest BCUT2D eigenvalue weighted by atomic mass is 10.2. The molecule has 2 atom stereocenters. The summed E-state index contributed by atoms with van der Waals surface area (Å²) in [5.41, 5.74) is -0.514. The number of nitrogens with one attached hydrogen (secondary N) is 1. The highest BCUT2D eigenvalue weighted by atomic mass is 32.2. The third kappa shape index (κ3) is 7.95. The second kappa shape index (κ2) is 11.5. The highest BCUT2D eigenvalue weighted by molar-refractivity contribution is 8.26. The molecule has 2 unspecified atom stereocenters. The van der Waals surface area contributed by atoms with Gasteiger partial charge in [-0.25, -0.2) is 4.79 Å². The fraction of sp³-hybridized carbons (Fsp3) is 0.850. The van der Waals surface area contributed by atoms with Crippen LogP contribution >= 0.6 is 22.2 Å². The van der Waals surface area contributed by atoms with Gasteiger partial charge in [0.2, 0.25) is 5.91 Å². The van der Waals surface area contributed by atoms with Crippen LogP contribution in [0.4, 0.5) is 4.79 Å². The second-order valence-corrected chi connectivity index (χ2v) is 12.0. The predicted molar refractivity (Wildman–Crippen MR) is 119 cm³/mol. The van der Waals surface area contributed by atoms with Crippen molar-refractivity contribution in [1.29, 1.82) is 0 Å². The van der Waals surface area contributed by atoms with Crippen molar-refractivity contribution in [2.24, 2.45) is 0 Å². The molecule has 2 rings (SSSR count). The lowest BCUT2D eigenvalue weighted by Gasteiger charge is -2.38. The molecule has 1 saturated heterocycles. The molecule has 1 aliphatic heterocycles. The first-order valence-electron chi connectivity index (χ1n) is 10.3. The summed E-state index contributed by atoms with van der Waals surface area (Å²) in [4.78, 5) is 27.5. The summed E-state index contributed by atoms with van der Waals surface area (Å²) in [6, 6.07) is 0. The number of rotatable bonds is 7. The average molecular weight is 433 g/mol. The Balaban J connectivity index is 2.04. The van der Waals surface area contributed by atoms with Gasteiger partial charge in [0.25, 0.3) is 0 Å². The maximum Gasteiger partial charge on any atom is 0.411 e. The van der Waals surface area contributed by atoms with Crippen LogP contribution in [0.15, 0.2) is 0 Å². The Morgan fingerprint density at radius 2 is 1.93 bits per heavy atom. The largest absolute Gasteiger partial charge is 0.444 e. The Morgan fingerprint density at radius 3 is 2.57 bits per heavy atom. The molecule has 2 aliphatic rings. The minimum atomic E-state index is -0.514. The zero-order valence-corrected chi connectivity index (χ0v) is 19.4. The average Bonchev–Trinajstić information content (AvgIpc) is 3.14. The molecule has 8 heteroatoms. The Bertz CT molecular complexity index is 567. The van der Waals surface area contributed by atoms with Gasteiger partial charge in [0, 0.05) is 20.0 Å². The number of hydrogen-bond donors (Lipinski definition) is 1. The van der Waals surface area contributed by atoms with E-state index < -0.39 is 5.60 Å². The minimum absolute atomic E-state index is 0.0600. The second-order valence-electron chi connectivity index (χ2n) is 8.18.